The quantitative estimate of drug-likeness (QED) is 0.915. The van der Waals surface area contributed by atoms with E-state index >= 15 is 0 Å². The van der Waals surface area contributed by atoms with Crippen LogP contribution in [0.5, 0.6) is 0 Å². The minimum absolute atomic E-state index is 0.00989. The van der Waals surface area contributed by atoms with Gasteiger partial charge in [0.25, 0.3) is 0 Å². The van der Waals surface area contributed by atoms with Crippen LogP contribution in [-0.4, -0.2) is 29.8 Å². The molecular formula is C22H26N2O2. The van der Waals surface area contributed by atoms with Gasteiger partial charge in [-0.25, -0.2) is 0 Å². The van der Waals surface area contributed by atoms with Gasteiger partial charge in [0.15, 0.2) is 0 Å². The van der Waals surface area contributed by atoms with Crippen LogP contribution in [0.15, 0.2) is 42.5 Å². The molecule has 1 N–H and O–H groups in total. The first kappa shape index (κ1) is 17.1. The average molecular weight is 350 g/mol. The first-order valence-electron chi connectivity index (χ1n) is 9.70. The number of carbonyl (C=O) groups is 2. The second kappa shape index (κ2) is 7.10. The number of nitrogens with one attached hydrogen (secondary N) is 1. The van der Waals surface area contributed by atoms with Crippen molar-refractivity contribution in [3.05, 3.63) is 48.0 Å². The smallest absolute Gasteiger partial charge is 0.225 e. The number of fused-ring (bicyclic) bond motifs is 1. The molecule has 1 aliphatic carbocycles. The molecule has 0 spiro atoms. The van der Waals surface area contributed by atoms with Crippen molar-refractivity contribution in [1.29, 1.82) is 0 Å². The topological polar surface area (TPSA) is 49.4 Å². The van der Waals surface area contributed by atoms with Crippen molar-refractivity contribution in [1.82, 2.24) is 10.2 Å². The van der Waals surface area contributed by atoms with Crippen molar-refractivity contribution in [3.63, 3.8) is 0 Å². The number of hydrogen-bond acceptors (Lipinski definition) is 2. The molecule has 4 nitrogen and oxygen atoms in total. The number of hydrogen-bond donors (Lipinski definition) is 1. The summed E-state index contributed by atoms with van der Waals surface area (Å²) < 4.78 is 0. The van der Waals surface area contributed by atoms with Crippen LogP contribution in [0, 0.1) is 11.8 Å². The van der Waals surface area contributed by atoms with Crippen LogP contribution in [0.3, 0.4) is 0 Å². The molecule has 2 aliphatic rings. The molecule has 1 aliphatic heterocycles. The number of rotatable bonds is 4. The Kier molecular flexibility index (Phi) is 4.66. The lowest BCUT2D eigenvalue weighted by molar-refractivity contribution is -0.136. The lowest BCUT2D eigenvalue weighted by Gasteiger charge is -2.32. The molecule has 1 heterocycles. The zero-order valence-corrected chi connectivity index (χ0v) is 15.3. The third-order valence-electron chi connectivity index (χ3n) is 5.75. The SMILES string of the molecule is CC(NC(=O)C1CCN(C(=O)C2CC2)CC1)c1cccc2ccccc12. The first-order valence-corrected chi connectivity index (χ1v) is 9.70. The van der Waals surface area contributed by atoms with E-state index < -0.39 is 0 Å². The van der Waals surface area contributed by atoms with Crippen molar-refractivity contribution >= 4 is 22.6 Å². The van der Waals surface area contributed by atoms with Gasteiger partial charge in [-0.2, -0.15) is 0 Å². The predicted octanol–water partition coefficient (Wildman–Crippen LogP) is 3.67. The van der Waals surface area contributed by atoms with Gasteiger partial charge in [-0.1, -0.05) is 42.5 Å². The van der Waals surface area contributed by atoms with Crippen molar-refractivity contribution in [3.8, 4) is 0 Å². The maximum absolute atomic E-state index is 12.7. The summed E-state index contributed by atoms with van der Waals surface area (Å²) >= 11 is 0. The Hall–Kier alpha value is -2.36. The van der Waals surface area contributed by atoms with E-state index in [-0.39, 0.29) is 23.8 Å². The highest BCUT2D eigenvalue weighted by Gasteiger charge is 2.36. The summed E-state index contributed by atoms with van der Waals surface area (Å²) in [4.78, 5) is 26.8. The molecular weight excluding hydrogens is 324 g/mol. The van der Waals surface area contributed by atoms with E-state index in [4.69, 9.17) is 0 Å². The Morgan fingerprint density at radius 3 is 2.38 bits per heavy atom. The zero-order valence-electron chi connectivity index (χ0n) is 15.3. The largest absolute Gasteiger partial charge is 0.349 e. The van der Waals surface area contributed by atoms with Gasteiger partial charge in [-0.05, 0) is 48.9 Å². The fourth-order valence-electron chi connectivity index (χ4n) is 3.99. The van der Waals surface area contributed by atoms with Crippen molar-refractivity contribution in [2.45, 2.75) is 38.6 Å². The minimum atomic E-state index is -0.0280. The summed E-state index contributed by atoms with van der Waals surface area (Å²) in [5.74, 6) is 0.694. The summed E-state index contributed by atoms with van der Waals surface area (Å²) in [5, 5.41) is 5.58. The molecule has 2 amide bonds. The highest BCUT2D eigenvalue weighted by atomic mass is 16.2. The van der Waals surface area contributed by atoms with Crippen LogP contribution in [0.2, 0.25) is 0 Å². The van der Waals surface area contributed by atoms with Gasteiger partial charge in [0.2, 0.25) is 11.8 Å². The normalized spacial score (nSPS) is 19.3. The summed E-state index contributed by atoms with van der Waals surface area (Å²) in [6.45, 7) is 3.48. The van der Waals surface area contributed by atoms with Gasteiger partial charge < -0.3 is 10.2 Å². The molecule has 2 aromatic rings. The van der Waals surface area contributed by atoms with E-state index in [0.717, 1.165) is 44.3 Å². The van der Waals surface area contributed by atoms with E-state index in [2.05, 4.69) is 29.6 Å². The third-order valence-corrected chi connectivity index (χ3v) is 5.75. The zero-order chi connectivity index (χ0) is 18.1. The van der Waals surface area contributed by atoms with Crippen LogP contribution in [-0.2, 0) is 9.59 Å². The van der Waals surface area contributed by atoms with Crippen molar-refractivity contribution < 1.29 is 9.59 Å². The lowest BCUT2D eigenvalue weighted by atomic mass is 9.94. The van der Waals surface area contributed by atoms with Crippen LogP contribution in [0.4, 0.5) is 0 Å². The lowest BCUT2D eigenvalue weighted by Crippen LogP contribution is -2.44. The second-order valence-corrected chi connectivity index (χ2v) is 7.67. The van der Waals surface area contributed by atoms with Gasteiger partial charge in [0, 0.05) is 24.9 Å². The average Bonchev–Trinajstić information content (AvgIpc) is 3.52. The number of amides is 2. The number of carbonyl (C=O) groups excluding carboxylic acids is 2. The fraction of sp³-hybridized carbons (Fsp3) is 0.455. The highest BCUT2D eigenvalue weighted by Crippen LogP contribution is 2.32. The molecule has 2 aromatic carbocycles. The Balaban J connectivity index is 1.38. The van der Waals surface area contributed by atoms with Crippen LogP contribution < -0.4 is 5.32 Å². The Bertz CT molecular complexity index is 815. The van der Waals surface area contributed by atoms with Gasteiger partial charge >= 0.3 is 0 Å². The van der Waals surface area contributed by atoms with Crippen LogP contribution in [0.25, 0.3) is 10.8 Å². The molecule has 0 aromatic heterocycles. The molecule has 1 saturated carbocycles. The minimum Gasteiger partial charge on any atom is -0.349 e. The molecule has 1 atom stereocenters. The monoisotopic (exact) mass is 350 g/mol. The molecule has 4 rings (SSSR count). The second-order valence-electron chi connectivity index (χ2n) is 7.67. The maximum Gasteiger partial charge on any atom is 0.225 e. The first-order chi connectivity index (χ1) is 12.6. The summed E-state index contributed by atoms with van der Waals surface area (Å²) in [6.07, 6.45) is 3.63. The van der Waals surface area contributed by atoms with Crippen molar-refractivity contribution in [2.24, 2.45) is 11.8 Å². The summed E-state index contributed by atoms with van der Waals surface area (Å²) in [5.41, 5.74) is 1.15. The molecule has 0 radical (unpaired) electrons. The fourth-order valence-corrected chi connectivity index (χ4v) is 3.99. The van der Waals surface area contributed by atoms with Crippen LogP contribution in [0.1, 0.15) is 44.2 Å². The van der Waals surface area contributed by atoms with Gasteiger partial charge in [-0.15, -0.1) is 0 Å². The van der Waals surface area contributed by atoms with Gasteiger partial charge in [0.1, 0.15) is 0 Å². The van der Waals surface area contributed by atoms with Gasteiger partial charge in [-0.3, -0.25) is 9.59 Å². The van der Waals surface area contributed by atoms with Crippen molar-refractivity contribution in [2.75, 3.05) is 13.1 Å². The Morgan fingerprint density at radius 1 is 0.962 bits per heavy atom. The molecule has 136 valence electrons. The molecule has 1 unspecified atom stereocenters. The molecule has 2 fully saturated rings. The Labute approximate surface area is 154 Å². The molecule has 0 bridgehead atoms. The number of piperidine rings is 1. The van der Waals surface area contributed by atoms with E-state index in [9.17, 15) is 9.59 Å². The number of likely N-dealkylation sites (tertiary alicyclic amines) is 1. The van der Waals surface area contributed by atoms with Crippen LogP contribution >= 0.6 is 0 Å². The molecule has 4 heteroatoms. The highest BCUT2D eigenvalue weighted by molar-refractivity contribution is 5.87. The van der Waals surface area contributed by atoms with E-state index in [0.29, 0.717) is 5.91 Å². The maximum atomic E-state index is 12.7. The number of benzene rings is 2. The van der Waals surface area contributed by atoms with Gasteiger partial charge in [0.05, 0.1) is 6.04 Å². The third kappa shape index (κ3) is 3.46. The molecule has 26 heavy (non-hydrogen) atoms. The van der Waals surface area contributed by atoms with E-state index in [1.807, 2.05) is 30.0 Å². The van der Waals surface area contributed by atoms with E-state index in [1.165, 1.54) is 10.8 Å². The summed E-state index contributed by atoms with van der Waals surface area (Å²) in [7, 11) is 0. The summed E-state index contributed by atoms with van der Waals surface area (Å²) in [6, 6.07) is 14.5. The van der Waals surface area contributed by atoms with E-state index in [1.54, 1.807) is 0 Å². The molecule has 1 saturated heterocycles. The number of nitrogens with zero attached hydrogens (tertiary/aromatic N) is 1. The Morgan fingerprint density at radius 2 is 1.65 bits per heavy atom. The standard InChI is InChI=1S/C22H26N2O2/c1-15(19-8-4-6-16-5-2-3-7-20(16)19)23-21(25)17-11-13-24(14-12-17)22(26)18-9-10-18/h2-8,15,17-18H,9-14H2,1H3,(H,23,25). The predicted molar refractivity (Wildman–Crippen MR) is 103 cm³/mol.